The van der Waals surface area contributed by atoms with Crippen molar-refractivity contribution in [1.29, 1.82) is 5.26 Å². The molecule has 6 heteroatoms. The first-order chi connectivity index (χ1) is 11.6. The third kappa shape index (κ3) is 3.80. The van der Waals surface area contributed by atoms with E-state index in [1.165, 1.54) is 11.9 Å². The number of ether oxygens (including phenoxy) is 1. The average molecular weight is 340 g/mol. The molecule has 0 spiro atoms. The second kappa shape index (κ2) is 7.95. The fraction of sp³-hybridized carbons (Fsp3) is 0.0556. The quantitative estimate of drug-likeness (QED) is 0.370. The molecule has 120 valence electrons. The fourth-order valence-electron chi connectivity index (χ4n) is 1.99. The third-order valence-corrected chi connectivity index (χ3v) is 3.37. The van der Waals surface area contributed by atoms with Crippen molar-refractivity contribution in [2.75, 3.05) is 7.05 Å². The lowest BCUT2D eigenvalue weighted by molar-refractivity contribution is -0.124. The van der Waals surface area contributed by atoms with Gasteiger partial charge in [0.05, 0.1) is 5.56 Å². The first-order valence-electron chi connectivity index (χ1n) is 6.96. The van der Waals surface area contributed by atoms with Gasteiger partial charge in [-0.3, -0.25) is 9.69 Å². The van der Waals surface area contributed by atoms with Crippen LogP contribution in [-0.4, -0.2) is 23.7 Å². The molecule has 0 fully saturated rings. The number of halogens is 1. The van der Waals surface area contributed by atoms with E-state index in [2.05, 4.69) is 11.1 Å². The Balaban J connectivity index is 2.18. The van der Waals surface area contributed by atoms with Crippen LogP contribution in [0.15, 0.2) is 71.4 Å². The number of hydrogen-bond acceptors (Lipinski definition) is 4. The molecule has 5 nitrogen and oxygen atoms in total. The van der Waals surface area contributed by atoms with Gasteiger partial charge in [0, 0.05) is 24.4 Å². The number of hydrogen-bond donors (Lipinski definition) is 0. The van der Waals surface area contributed by atoms with Crippen LogP contribution in [0.25, 0.3) is 0 Å². The van der Waals surface area contributed by atoms with Gasteiger partial charge in [0.2, 0.25) is 0 Å². The van der Waals surface area contributed by atoms with Gasteiger partial charge in [0.15, 0.2) is 11.6 Å². The van der Waals surface area contributed by atoms with Gasteiger partial charge in [0.1, 0.15) is 11.8 Å². The van der Waals surface area contributed by atoms with Crippen molar-refractivity contribution in [2.24, 2.45) is 4.51 Å². The summed E-state index contributed by atoms with van der Waals surface area (Å²) in [5.41, 5.74) is 0.983. The smallest absolute Gasteiger partial charge is 0.294 e. The van der Waals surface area contributed by atoms with E-state index < -0.39 is 5.91 Å². The minimum Gasteiger partial charge on any atom is -0.451 e. The molecule has 0 N–H and O–H groups in total. The highest BCUT2D eigenvalue weighted by atomic mass is 35.5. The van der Waals surface area contributed by atoms with Crippen LogP contribution in [-0.2, 0) is 4.79 Å². The van der Waals surface area contributed by atoms with E-state index >= 15 is 0 Å². The van der Waals surface area contributed by atoms with Crippen molar-refractivity contribution in [3.8, 4) is 11.8 Å². The summed E-state index contributed by atoms with van der Waals surface area (Å²) in [5.74, 6) is -0.142. The summed E-state index contributed by atoms with van der Waals surface area (Å²) in [5, 5.41) is 9.06. The van der Waals surface area contributed by atoms with Crippen molar-refractivity contribution in [1.82, 2.24) is 4.90 Å². The maximum absolute atomic E-state index is 12.5. The van der Waals surface area contributed by atoms with Crippen molar-refractivity contribution in [2.45, 2.75) is 0 Å². The van der Waals surface area contributed by atoms with Gasteiger partial charge in [-0.05, 0) is 12.1 Å². The normalized spacial score (nSPS) is 10.6. The summed E-state index contributed by atoms with van der Waals surface area (Å²) < 4.78 is 9.09. The molecule has 0 radical (unpaired) electrons. The van der Waals surface area contributed by atoms with E-state index in [0.29, 0.717) is 11.1 Å². The Hall–Kier alpha value is -3.10. The topological polar surface area (TPSA) is 65.7 Å². The first kappa shape index (κ1) is 17.3. The number of amides is 1. The van der Waals surface area contributed by atoms with Gasteiger partial charge in [-0.1, -0.05) is 49.0 Å². The zero-order chi connectivity index (χ0) is 17.5. The summed E-state index contributed by atoms with van der Waals surface area (Å²) in [6, 6.07) is 17.6. The molecular weight excluding hydrogens is 326 g/mol. The zero-order valence-corrected chi connectivity index (χ0v) is 13.7. The third-order valence-electron chi connectivity index (χ3n) is 3.21. The van der Waals surface area contributed by atoms with Crippen molar-refractivity contribution >= 4 is 23.5 Å². The number of likely N-dealkylation sites (N-methyl/N-ethyl adjacent to an activating group) is 1. The molecule has 0 aliphatic heterocycles. The molecule has 2 aromatic rings. The Labute approximate surface area is 145 Å². The molecule has 0 saturated heterocycles. The highest BCUT2D eigenvalue weighted by molar-refractivity contribution is 6.24. The summed E-state index contributed by atoms with van der Waals surface area (Å²) in [4.78, 5) is 13.7. The van der Waals surface area contributed by atoms with E-state index in [0.717, 1.165) is 0 Å². The molecular formula is C18H14ClN3O2. The Morgan fingerprint density at radius 3 is 2.46 bits per heavy atom. The van der Waals surface area contributed by atoms with Crippen LogP contribution in [0, 0.1) is 11.3 Å². The van der Waals surface area contributed by atoms with Crippen LogP contribution in [0.2, 0.25) is 0 Å². The molecule has 0 unspecified atom stereocenters. The maximum atomic E-state index is 12.5. The van der Waals surface area contributed by atoms with Gasteiger partial charge < -0.3 is 4.74 Å². The molecule has 0 bridgehead atoms. The van der Waals surface area contributed by atoms with E-state index in [-0.39, 0.29) is 17.3 Å². The highest BCUT2D eigenvalue weighted by Crippen LogP contribution is 2.20. The number of para-hydroxylation sites is 1. The molecule has 0 heterocycles. The predicted octanol–water partition coefficient (Wildman–Crippen LogP) is 3.51. The van der Waals surface area contributed by atoms with E-state index in [9.17, 15) is 4.79 Å². The monoisotopic (exact) mass is 339 g/mol. The minimum absolute atomic E-state index is 0.144. The molecule has 0 aliphatic rings. The molecule has 1 amide bonds. The zero-order valence-electron chi connectivity index (χ0n) is 12.9. The average Bonchev–Trinajstić information content (AvgIpc) is 2.62. The van der Waals surface area contributed by atoms with Gasteiger partial charge in [-0.15, -0.1) is 0 Å². The Morgan fingerprint density at radius 1 is 1.21 bits per heavy atom. The number of carbonyl (C=O) groups is 1. The van der Waals surface area contributed by atoms with E-state index in [1.807, 2.05) is 24.3 Å². The first-order valence-corrected chi connectivity index (χ1v) is 7.30. The van der Waals surface area contributed by atoms with Crippen LogP contribution >= 0.6 is 11.8 Å². The van der Waals surface area contributed by atoms with Crippen LogP contribution < -0.4 is 4.74 Å². The Morgan fingerprint density at radius 2 is 1.83 bits per heavy atom. The number of rotatable bonds is 4. The SMILES string of the molecule is C=C(Oc1ccccc1C#N)C(=O)N(C)/C(=N\Cl)c1ccccc1. The Bertz CT molecular complexity index is 826. The van der Waals surface area contributed by atoms with Gasteiger partial charge in [0.25, 0.3) is 5.91 Å². The molecule has 2 aromatic carbocycles. The number of nitriles is 1. The molecule has 0 aromatic heterocycles. The van der Waals surface area contributed by atoms with E-state index in [4.69, 9.17) is 21.8 Å². The summed E-state index contributed by atoms with van der Waals surface area (Å²) in [6.45, 7) is 3.64. The van der Waals surface area contributed by atoms with E-state index in [1.54, 1.807) is 36.4 Å². The maximum Gasteiger partial charge on any atom is 0.294 e. The molecule has 0 atom stereocenters. The Kier molecular flexibility index (Phi) is 5.72. The molecule has 0 aliphatic carbocycles. The van der Waals surface area contributed by atoms with Crippen molar-refractivity contribution in [3.63, 3.8) is 0 Å². The summed E-state index contributed by atoms with van der Waals surface area (Å²) in [7, 11) is 1.52. The van der Waals surface area contributed by atoms with Crippen LogP contribution in [0.5, 0.6) is 5.75 Å². The lowest BCUT2D eigenvalue weighted by Crippen LogP contribution is -2.35. The number of nitrogens with zero attached hydrogens (tertiary/aromatic N) is 3. The van der Waals surface area contributed by atoms with Crippen molar-refractivity contribution in [3.05, 3.63) is 78.1 Å². The van der Waals surface area contributed by atoms with Gasteiger partial charge >= 0.3 is 0 Å². The lowest BCUT2D eigenvalue weighted by atomic mass is 10.2. The minimum atomic E-state index is -0.522. The largest absolute Gasteiger partial charge is 0.451 e. The number of benzene rings is 2. The summed E-state index contributed by atoms with van der Waals surface area (Å²) in [6.07, 6.45) is 0. The second-order valence-corrected chi connectivity index (χ2v) is 4.94. The van der Waals surface area contributed by atoms with Crippen molar-refractivity contribution < 1.29 is 9.53 Å². The molecule has 24 heavy (non-hydrogen) atoms. The number of carbonyl (C=O) groups excluding carboxylic acids is 1. The van der Waals surface area contributed by atoms with Crippen LogP contribution in [0.1, 0.15) is 11.1 Å². The predicted molar refractivity (Wildman–Crippen MR) is 92.5 cm³/mol. The second-order valence-electron chi connectivity index (χ2n) is 4.77. The van der Waals surface area contributed by atoms with Crippen LogP contribution in [0.3, 0.4) is 0 Å². The molecule has 0 saturated carbocycles. The fourth-order valence-corrected chi connectivity index (χ4v) is 2.20. The highest BCUT2D eigenvalue weighted by Gasteiger charge is 2.21. The lowest BCUT2D eigenvalue weighted by Gasteiger charge is -2.20. The van der Waals surface area contributed by atoms with Crippen LogP contribution in [0.4, 0.5) is 0 Å². The summed E-state index contributed by atoms with van der Waals surface area (Å²) >= 11 is 5.63. The standard InChI is InChI=1S/C18H14ClN3O2/c1-13(24-16-11-7-6-10-15(16)12-20)18(23)22(2)17(21-19)14-8-4-3-5-9-14/h3-11H,1H2,2H3/b21-17-. The van der Waals surface area contributed by atoms with Gasteiger partial charge in [-0.2, -0.15) is 9.77 Å². The number of amidine groups is 1. The molecule has 2 rings (SSSR count). The van der Waals surface area contributed by atoms with Gasteiger partial charge in [-0.25, -0.2) is 0 Å².